The van der Waals surface area contributed by atoms with E-state index in [1.54, 1.807) is 36.4 Å². The molecular formula is C23H25N3O3. The SMILES string of the molecule is NCCC(=O)NC1CCCCC1Nc1cccc2c1C(=O)c1ccccc1C2=O. The molecule has 0 bridgehead atoms. The van der Waals surface area contributed by atoms with E-state index in [0.29, 0.717) is 40.9 Å². The second-order valence-corrected chi connectivity index (χ2v) is 7.68. The van der Waals surface area contributed by atoms with Crippen LogP contribution in [0.15, 0.2) is 42.5 Å². The Morgan fingerprint density at radius 1 is 0.897 bits per heavy atom. The van der Waals surface area contributed by atoms with Crippen molar-refractivity contribution in [1.82, 2.24) is 5.32 Å². The zero-order valence-electron chi connectivity index (χ0n) is 16.2. The van der Waals surface area contributed by atoms with Crippen LogP contribution in [0.25, 0.3) is 0 Å². The predicted octanol–water partition coefficient (Wildman–Crippen LogP) is 2.65. The first-order chi connectivity index (χ1) is 14.1. The first-order valence-electron chi connectivity index (χ1n) is 10.2. The lowest BCUT2D eigenvalue weighted by atomic mass is 9.82. The van der Waals surface area contributed by atoms with Gasteiger partial charge in [-0.05, 0) is 18.9 Å². The molecule has 2 unspecified atom stereocenters. The maximum atomic E-state index is 13.2. The van der Waals surface area contributed by atoms with E-state index < -0.39 is 0 Å². The van der Waals surface area contributed by atoms with Gasteiger partial charge in [-0.1, -0.05) is 49.2 Å². The van der Waals surface area contributed by atoms with Gasteiger partial charge < -0.3 is 16.4 Å². The summed E-state index contributed by atoms with van der Waals surface area (Å²) in [5, 5.41) is 6.54. The van der Waals surface area contributed by atoms with E-state index in [1.165, 1.54) is 0 Å². The largest absolute Gasteiger partial charge is 0.380 e. The molecule has 0 saturated heterocycles. The van der Waals surface area contributed by atoms with Gasteiger partial charge in [0, 0.05) is 47.4 Å². The van der Waals surface area contributed by atoms with Gasteiger partial charge in [0.15, 0.2) is 11.6 Å². The Morgan fingerprint density at radius 3 is 2.28 bits per heavy atom. The topological polar surface area (TPSA) is 101 Å². The van der Waals surface area contributed by atoms with Crippen LogP contribution < -0.4 is 16.4 Å². The van der Waals surface area contributed by atoms with E-state index >= 15 is 0 Å². The van der Waals surface area contributed by atoms with Gasteiger partial charge in [-0.15, -0.1) is 0 Å². The van der Waals surface area contributed by atoms with E-state index in [-0.39, 0.29) is 29.6 Å². The highest BCUT2D eigenvalue weighted by Gasteiger charge is 2.33. The van der Waals surface area contributed by atoms with Crippen molar-refractivity contribution in [3.63, 3.8) is 0 Å². The van der Waals surface area contributed by atoms with Crippen molar-refractivity contribution in [1.29, 1.82) is 0 Å². The van der Waals surface area contributed by atoms with Gasteiger partial charge in [0.1, 0.15) is 0 Å². The third kappa shape index (κ3) is 3.68. The summed E-state index contributed by atoms with van der Waals surface area (Å²) in [5.41, 5.74) is 7.89. The number of benzene rings is 2. The summed E-state index contributed by atoms with van der Waals surface area (Å²) < 4.78 is 0. The van der Waals surface area contributed by atoms with Crippen LogP contribution in [0, 0.1) is 0 Å². The number of fused-ring (bicyclic) bond motifs is 2. The summed E-state index contributed by atoms with van der Waals surface area (Å²) in [5.74, 6) is -0.324. The molecule has 2 aliphatic rings. The molecule has 150 valence electrons. The fourth-order valence-corrected chi connectivity index (χ4v) is 4.35. The second kappa shape index (κ2) is 8.17. The third-order valence-corrected chi connectivity index (χ3v) is 5.78. The fourth-order valence-electron chi connectivity index (χ4n) is 4.35. The highest BCUT2D eigenvalue weighted by molar-refractivity contribution is 6.30. The molecule has 0 radical (unpaired) electrons. The van der Waals surface area contributed by atoms with Gasteiger partial charge >= 0.3 is 0 Å². The lowest BCUT2D eigenvalue weighted by Gasteiger charge is -2.34. The molecule has 2 atom stereocenters. The Kier molecular flexibility index (Phi) is 5.45. The molecule has 0 spiro atoms. The predicted molar refractivity (Wildman–Crippen MR) is 111 cm³/mol. The average Bonchev–Trinajstić information content (AvgIpc) is 2.73. The van der Waals surface area contributed by atoms with Crippen molar-refractivity contribution >= 4 is 23.2 Å². The third-order valence-electron chi connectivity index (χ3n) is 5.78. The Hall–Kier alpha value is -2.99. The molecule has 0 heterocycles. The van der Waals surface area contributed by atoms with Crippen molar-refractivity contribution < 1.29 is 14.4 Å². The minimum absolute atomic E-state index is 0.00273. The van der Waals surface area contributed by atoms with E-state index in [4.69, 9.17) is 5.73 Å². The van der Waals surface area contributed by atoms with Crippen LogP contribution in [-0.4, -0.2) is 36.1 Å². The Labute approximate surface area is 169 Å². The van der Waals surface area contributed by atoms with Gasteiger partial charge in [0.25, 0.3) is 0 Å². The van der Waals surface area contributed by atoms with Crippen LogP contribution in [0.5, 0.6) is 0 Å². The number of rotatable bonds is 5. The minimum atomic E-state index is -0.141. The molecule has 4 rings (SSSR count). The monoisotopic (exact) mass is 391 g/mol. The van der Waals surface area contributed by atoms with Gasteiger partial charge in [-0.2, -0.15) is 0 Å². The van der Waals surface area contributed by atoms with Crippen LogP contribution in [0.3, 0.4) is 0 Å². The number of carbonyl (C=O) groups is 3. The molecule has 29 heavy (non-hydrogen) atoms. The zero-order valence-corrected chi connectivity index (χ0v) is 16.2. The molecule has 6 nitrogen and oxygen atoms in total. The summed E-state index contributed by atoms with van der Waals surface area (Å²) >= 11 is 0. The van der Waals surface area contributed by atoms with Crippen LogP contribution in [0.2, 0.25) is 0 Å². The maximum Gasteiger partial charge on any atom is 0.221 e. The lowest BCUT2D eigenvalue weighted by Crippen LogP contribution is -2.49. The number of carbonyl (C=O) groups excluding carboxylic acids is 3. The highest BCUT2D eigenvalue weighted by Crippen LogP contribution is 2.33. The summed E-state index contributed by atoms with van der Waals surface area (Å²) in [4.78, 5) is 38.2. The molecule has 1 amide bonds. The summed E-state index contributed by atoms with van der Waals surface area (Å²) in [6, 6.07) is 12.3. The number of nitrogens with two attached hydrogens (primary N) is 1. The summed E-state index contributed by atoms with van der Waals surface area (Å²) in [6.07, 6.45) is 4.15. The molecule has 2 aromatic carbocycles. The number of anilines is 1. The highest BCUT2D eigenvalue weighted by atomic mass is 16.2. The first-order valence-corrected chi connectivity index (χ1v) is 10.2. The van der Waals surface area contributed by atoms with Crippen molar-refractivity contribution in [2.45, 2.75) is 44.2 Å². The molecule has 0 aliphatic heterocycles. The van der Waals surface area contributed by atoms with Crippen LogP contribution in [-0.2, 0) is 4.79 Å². The number of nitrogens with one attached hydrogen (secondary N) is 2. The summed E-state index contributed by atoms with van der Waals surface area (Å²) in [7, 11) is 0. The number of hydrogen-bond donors (Lipinski definition) is 3. The normalized spacial score (nSPS) is 20.6. The Balaban J connectivity index is 1.64. The van der Waals surface area contributed by atoms with Crippen molar-refractivity contribution in [2.75, 3.05) is 11.9 Å². The van der Waals surface area contributed by atoms with Crippen LogP contribution in [0.1, 0.15) is 63.9 Å². The summed E-state index contributed by atoms with van der Waals surface area (Å²) in [6.45, 7) is 0.318. The molecule has 4 N–H and O–H groups in total. The van der Waals surface area contributed by atoms with Gasteiger partial charge in [0.05, 0.1) is 5.56 Å². The van der Waals surface area contributed by atoms with Gasteiger partial charge in [0.2, 0.25) is 5.91 Å². The molecule has 1 saturated carbocycles. The fraction of sp³-hybridized carbons (Fsp3) is 0.348. The number of ketones is 2. The minimum Gasteiger partial charge on any atom is -0.380 e. The second-order valence-electron chi connectivity index (χ2n) is 7.68. The van der Waals surface area contributed by atoms with Crippen LogP contribution in [0.4, 0.5) is 5.69 Å². The maximum absolute atomic E-state index is 13.2. The number of hydrogen-bond acceptors (Lipinski definition) is 5. The van der Waals surface area contributed by atoms with E-state index in [9.17, 15) is 14.4 Å². The molecule has 6 heteroatoms. The number of amides is 1. The van der Waals surface area contributed by atoms with E-state index in [2.05, 4.69) is 10.6 Å². The van der Waals surface area contributed by atoms with Gasteiger partial charge in [-0.25, -0.2) is 0 Å². The smallest absolute Gasteiger partial charge is 0.221 e. The van der Waals surface area contributed by atoms with Gasteiger partial charge in [-0.3, -0.25) is 14.4 Å². The molecule has 2 aromatic rings. The van der Waals surface area contributed by atoms with E-state index in [0.717, 1.165) is 25.7 Å². The van der Waals surface area contributed by atoms with E-state index in [1.807, 2.05) is 6.07 Å². The van der Waals surface area contributed by atoms with Crippen molar-refractivity contribution in [3.05, 3.63) is 64.7 Å². The molecule has 0 aromatic heterocycles. The Bertz CT molecular complexity index is 970. The van der Waals surface area contributed by atoms with Crippen molar-refractivity contribution in [2.24, 2.45) is 5.73 Å². The zero-order chi connectivity index (χ0) is 20.4. The molecule has 1 fully saturated rings. The molecule has 2 aliphatic carbocycles. The lowest BCUT2D eigenvalue weighted by molar-refractivity contribution is -0.121. The molecular weight excluding hydrogens is 366 g/mol. The average molecular weight is 391 g/mol. The van der Waals surface area contributed by atoms with Crippen LogP contribution >= 0.6 is 0 Å². The standard InChI is InChI=1S/C23H25N3O3/c24-13-12-20(27)26-18-10-4-3-9-17(18)25-19-11-5-8-16-21(19)23(29)15-7-2-1-6-14(15)22(16)28/h1-2,5-8,11,17-18,25H,3-4,9-10,12-13,24H2,(H,26,27). The first kappa shape index (κ1) is 19.3. The quantitative estimate of drug-likeness (QED) is 0.621. The Morgan fingerprint density at radius 2 is 1.55 bits per heavy atom. The van der Waals surface area contributed by atoms with Crippen molar-refractivity contribution in [3.8, 4) is 0 Å².